The van der Waals surface area contributed by atoms with E-state index in [0.29, 0.717) is 31.2 Å². The van der Waals surface area contributed by atoms with E-state index in [1.165, 1.54) is 7.11 Å². The lowest BCUT2D eigenvalue weighted by Gasteiger charge is -2.33. The van der Waals surface area contributed by atoms with Crippen molar-refractivity contribution in [3.63, 3.8) is 0 Å². The van der Waals surface area contributed by atoms with Gasteiger partial charge in [0.05, 0.1) is 7.11 Å². The van der Waals surface area contributed by atoms with Gasteiger partial charge in [0.2, 0.25) is 5.88 Å². The van der Waals surface area contributed by atoms with Crippen LogP contribution in [0, 0.1) is 0 Å². The number of nitrogens with one attached hydrogen (secondary N) is 1. The monoisotopic (exact) mass is 252 g/mol. The quantitative estimate of drug-likeness (QED) is 0.735. The summed E-state index contributed by atoms with van der Waals surface area (Å²) in [5.74, 6) is -0.384. The van der Waals surface area contributed by atoms with Crippen LogP contribution in [-0.4, -0.2) is 58.7 Å². The van der Waals surface area contributed by atoms with Crippen LogP contribution in [0.15, 0.2) is 12.4 Å². The fourth-order valence-corrected chi connectivity index (χ4v) is 2.00. The summed E-state index contributed by atoms with van der Waals surface area (Å²) in [5, 5.41) is 12.2. The predicted octanol–water partition coefficient (Wildman–Crippen LogP) is -0.656. The Bertz CT molecular complexity index is 427. The number of ether oxygens (including phenoxy) is 1. The SMILES string of the molecule is COc1nccnc1CN1CCNC[C@H]1C(=O)O. The Hall–Kier alpha value is -1.73. The first-order chi connectivity index (χ1) is 8.72. The maximum atomic E-state index is 11.2. The van der Waals surface area contributed by atoms with Gasteiger partial charge in [0.1, 0.15) is 11.7 Å². The highest BCUT2D eigenvalue weighted by molar-refractivity contribution is 5.74. The van der Waals surface area contributed by atoms with Gasteiger partial charge in [-0.05, 0) is 0 Å². The van der Waals surface area contributed by atoms with Gasteiger partial charge in [-0.1, -0.05) is 0 Å². The van der Waals surface area contributed by atoms with Gasteiger partial charge >= 0.3 is 5.97 Å². The third-order valence-electron chi connectivity index (χ3n) is 2.92. The topological polar surface area (TPSA) is 87.6 Å². The van der Waals surface area contributed by atoms with Crippen molar-refractivity contribution in [2.75, 3.05) is 26.7 Å². The van der Waals surface area contributed by atoms with E-state index in [1.54, 1.807) is 12.4 Å². The Morgan fingerprint density at radius 3 is 3.11 bits per heavy atom. The van der Waals surface area contributed by atoms with E-state index in [9.17, 15) is 4.79 Å². The average Bonchev–Trinajstić information content (AvgIpc) is 2.40. The van der Waals surface area contributed by atoms with E-state index in [1.807, 2.05) is 4.90 Å². The molecule has 1 saturated heterocycles. The van der Waals surface area contributed by atoms with E-state index in [0.717, 1.165) is 6.54 Å². The molecule has 0 aliphatic carbocycles. The predicted molar refractivity (Wildman–Crippen MR) is 63.3 cm³/mol. The molecule has 98 valence electrons. The molecule has 2 rings (SSSR count). The number of carboxylic acid groups (broad SMARTS) is 1. The van der Waals surface area contributed by atoms with Gasteiger partial charge in [-0.25, -0.2) is 4.98 Å². The third kappa shape index (κ3) is 2.74. The lowest BCUT2D eigenvalue weighted by Crippen LogP contribution is -2.54. The number of hydrogen-bond acceptors (Lipinski definition) is 6. The Kier molecular flexibility index (Phi) is 4.06. The van der Waals surface area contributed by atoms with E-state index >= 15 is 0 Å². The summed E-state index contributed by atoms with van der Waals surface area (Å²) in [7, 11) is 1.53. The van der Waals surface area contributed by atoms with E-state index in [2.05, 4.69) is 15.3 Å². The molecule has 0 spiro atoms. The van der Waals surface area contributed by atoms with Crippen LogP contribution in [0.5, 0.6) is 5.88 Å². The summed E-state index contributed by atoms with van der Waals surface area (Å²) in [4.78, 5) is 21.3. The zero-order chi connectivity index (χ0) is 13.0. The van der Waals surface area contributed by atoms with E-state index in [4.69, 9.17) is 9.84 Å². The van der Waals surface area contributed by atoms with Crippen molar-refractivity contribution in [3.8, 4) is 5.88 Å². The van der Waals surface area contributed by atoms with Crippen molar-refractivity contribution in [1.29, 1.82) is 0 Å². The van der Waals surface area contributed by atoms with Crippen LogP contribution in [0.4, 0.5) is 0 Å². The fourth-order valence-electron chi connectivity index (χ4n) is 2.00. The number of hydrogen-bond donors (Lipinski definition) is 2. The third-order valence-corrected chi connectivity index (χ3v) is 2.92. The Morgan fingerprint density at radius 1 is 1.61 bits per heavy atom. The molecule has 0 amide bonds. The molecule has 1 aromatic rings. The van der Waals surface area contributed by atoms with Crippen LogP contribution in [-0.2, 0) is 11.3 Å². The fraction of sp³-hybridized carbons (Fsp3) is 0.545. The van der Waals surface area contributed by atoms with Crippen molar-refractivity contribution in [3.05, 3.63) is 18.1 Å². The van der Waals surface area contributed by atoms with Crippen LogP contribution in [0.3, 0.4) is 0 Å². The van der Waals surface area contributed by atoms with Crippen LogP contribution < -0.4 is 10.1 Å². The van der Waals surface area contributed by atoms with Gasteiger partial charge in [0.25, 0.3) is 0 Å². The number of nitrogens with zero attached hydrogens (tertiary/aromatic N) is 3. The molecule has 0 bridgehead atoms. The minimum atomic E-state index is -0.829. The minimum absolute atomic E-state index is 0.426. The van der Waals surface area contributed by atoms with Crippen molar-refractivity contribution in [1.82, 2.24) is 20.2 Å². The van der Waals surface area contributed by atoms with Crippen LogP contribution >= 0.6 is 0 Å². The van der Waals surface area contributed by atoms with E-state index in [-0.39, 0.29) is 0 Å². The molecule has 1 atom stereocenters. The first-order valence-electron chi connectivity index (χ1n) is 5.74. The normalized spacial score (nSPS) is 20.6. The maximum absolute atomic E-state index is 11.2. The largest absolute Gasteiger partial charge is 0.480 e. The van der Waals surface area contributed by atoms with Crippen LogP contribution in [0.1, 0.15) is 5.69 Å². The Morgan fingerprint density at radius 2 is 2.39 bits per heavy atom. The second-order valence-electron chi connectivity index (χ2n) is 4.04. The summed E-state index contributed by atoms with van der Waals surface area (Å²) < 4.78 is 5.12. The summed E-state index contributed by atoms with van der Waals surface area (Å²) in [6.45, 7) is 2.30. The molecule has 1 fully saturated rings. The number of piperazine rings is 1. The number of carbonyl (C=O) groups is 1. The molecule has 7 nitrogen and oxygen atoms in total. The zero-order valence-electron chi connectivity index (χ0n) is 10.2. The molecule has 7 heteroatoms. The molecule has 1 aliphatic rings. The first-order valence-corrected chi connectivity index (χ1v) is 5.74. The van der Waals surface area contributed by atoms with E-state index < -0.39 is 12.0 Å². The number of aliphatic carboxylic acids is 1. The molecular formula is C11H16N4O3. The van der Waals surface area contributed by atoms with Gasteiger partial charge < -0.3 is 15.2 Å². The molecule has 0 aromatic carbocycles. The number of carboxylic acids is 1. The summed E-state index contributed by atoms with van der Waals surface area (Å²) in [5.41, 5.74) is 0.660. The second kappa shape index (κ2) is 5.74. The molecule has 18 heavy (non-hydrogen) atoms. The lowest BCUT2D eigenvalue weighted by molar-refractivity contribution is -0.144. The average molecular weight is 252 g/mol. The van der Waals surface area contributed by atoms with Crippen LogP contribution in [0.25, 0.3) is 0 Å². The smallest absolute Gasteiger partial charge is 0.322 e. The summed E-state index contributed by atoms with van der Waals surface area (Å²) >= 11 is 0. The molecule has 2 N–H and O–H groups in total. The van der Waals surface area contributed by atoms with Crippen molar-refractivity contribution in [2.24, 2.45) is 0 Å². The summed E-state index contributed by atoms with van der Waals surface area (Å²) in [6, 6.07) is -0.537. The molecule has 0 unspecified atom stereocenters. The molecule has 0 radical (unpaired) electrons. The first kappa shape index (κ1) is 12.7. The number of methoxy groups -OCH3 is 1. The molecule has 1 aliphatic heterocycles. The van der Waals surface area contributed by atoms with Crippen molar-refractivity contribution >= 4 is 5.97 Å². The zero-order valence-corrected chi connectivity index (χ0v) is 10.2. The highest BCUT2D eigenvalue weighted by Gasteiger charge is 2.29. The van der Waals surface area contributed by atoms with Crippen molar-refractivity contribution < 1.29 is 14.6 Å². The van der Waals surface area contributed by atoms with Crippen LogP contribution in [0.2, 0.25) is 0 Å². The highest BCUT2D eigenvalue weighted by atomic mass is 16.5. The van der Waals surface area contributed by atoms with Gasteiger partial charge in [-0.15, -0.1) is 0 Å². The van der Waals surface area contributed by atoms with Gasteiger partial charge in [0.15, 0.2) is 0 Å². The standard InChI is InChI=1S/C11H16N4O3/c1-18-10-8(13-2-3-14-10)7-15-5-4-12-6-9(15)11(16)17/h2-3,9,12H,4-7H2,1H3,(H,16,17)/t9-/m0/s1. The number of aromatic nitrogens is 2. The van der Waals surface area contributed by atoms with Gasteiger partial charge in [-0.3, -0.25) is 14.7 Å². The Balaban J connectivity index is 2.13. The minimum Gasteiger partial charge on any atom is -0.480 e. The van der Waals surface area contributed by atoms with Crippen molar-refractivity contribution in [2.45, 2.75) is 12.6 Å². The Labute approximate surface area is 105 Å². The lowest BCUT2D eigenvalue weighted by atomic mass is 10.2. The van der Waals surface area contributed by atoms with Gasteiger partial charge in [0, 0.05) is 38.6 Å². The second-order valence-corrected chi connectivity index (χ2v) is 4.04. The van der Waals surface area contributed by atoms with Gasteiger partial charge in [-0.2, -0.15) is 0 Å². The number of rotatable bonds is 4. The summed E-state index contributed by atoms with van der Waals surface area (Å²) in [6.07, 6.45) is 3.13. The molecular weight excluding hydrogens is 236 g/mol. The molecule has 2 heterocycles. The molecule has 1 aromatic heterocycles. The highest BCUT2D eigenvalue weighted by Crippen LogP contribution is 2.15. The molecule has 0 saturated carbocycles. The maximum Gasteiger partial charge on any atom is 0.322 e.